The summed E-state index contributed by atoms with van der Waals surface area (Å²) >= 11 is 0. The number of rotatable bonds is 6. The van der Waals surface area contributed by atoms with Crippen LogP contribution in [0.5, 0.6) is 17.2 Å². The third-order valence-electron chi connectivity index (χ3n) is 8.31. The third-order valence-corrected chi connectivity index (χ3v) is 8.31. The maximum absolute atomic E-state index is 14.7. The molecule has 40 heavy (non-hydrogen) atoms. The summed E-state index contributed by atoms with van der Waals surface area (Å²) in [5.41, 5.74) is 1.11. The quantitative estimate of drug-likeness (QED) is 0.329. The van der Waals surface area contributed by atoms with Crippen LogP contribution in [0.25, 0.3) is 6.08 Å². The number of anilines is 1. The van der Waals surface area contributed by atoms with E-state index in [-0.39, 0.29) is 23.9 Å². The van der Waals surface area contributed by atoms with Crippen LogP contribution in [-0.2, 0) is 9.53 Å². The van der Waals surface area contributed by atoms with Crippen LogP contribution in [0.3, 0.4) is 0 Å². The molecule has 0 bridgehead atoms. The zero-order chi connectivity index (χ0) is 28.2. The number of ketones is 2. The maximum Gasteiger partial charge on any atom is 0.329 e. The van der Waals surface area contributed by atoms with Crippen LogP contribution < -0.4 is 19.1 Å². The smallest absolute Gasteiger partial charge is 0.329 e. The van der Waals surface area contributed by atoms with Gasteiger partial charge in [-0.05, 0) is 24.6 Å². The van der Waals surface area contributed by atoms with E-state index in [9.17, 15) is 14.4 Å². The molecular formula is C32H29NO7. The van der Waals surface area contributed by atoms with Crippen molar-refractivity contribution in [3.63, 3.8) is 0 Å². The lowest BCUT2D eigenvalue weighted by Gasteiger charge is -2.36. The molecule has 6 rings (SSSR count). The zero-order valence-electron chi connectivity index (χ0n) is 22.7. The number of fused-ring (bicyclic) bond motifs is 5. The number of hydrogen-bond donors (Lipinski definition) is 0. The molecule has 0 saturated carbocycles. The third kappa shape index (κ3) is 3.22. The fraction of sp³-hybridized carbons (Fsp3) is 0.281. The van der Waals surface area contributed by atoms with Gasteiger partial charge in [-0.25, -0.2) is 4.79 Å². The Kier molecular flexibility index (Phi) is 6.13. The van der Waals surface area contributed by atoms with Gasteiger partial charge in [0.05, 0.1) is 34.0 Å². The molecule has 0 N–H and O–H groups in total. The van der Waals surface area contributed by atoms with Gasteiger partial charge in [-0.2, -0.15) is 0 Å². The minimum atomic E-state index is -1.67. The molecule has 1 saturated heterocycles. The highest BCUT2D eigenvalue weighted by molar-refractivity contribution is 6.32. The topological polar surface area (TPSA) is 91.4 Å². The molecule has 8 nitrogen and oxygen atoms in total. The van der Waals surface area contributed by atoms with Gasteiger partial charge in [-0.1, -0.05) is 60.7 Å². The summed E-state index contributed by atoms with van der Waals surface area (Å²) in [6, 6.07) is 16.1. The molecule has 3 atom stereocenters. The van der Waals surface area contributed by atoms with Crippen LogP contribution in [0, 0.1) is 5.41 Å². The molecule has 0 radical (unpaired) electrons. The van der Waals surface area contributed by atoms with Crippen LogP contribution in [0.4, 0.5) is 5.69 Å². The average Bonchev–Trinajstić information content (AvgIpc) is 3.42. The zero-order valence-corrected chi connectivity index (χ0v) is 22.7. The number of esters is 1. The Balaban J connectivity index is 1.72. The van der Waals surface area contributed by atoms with Crippen LogP contribution in [0.15, 0.2) is 66.7 Å². The van der Waals surface area contributed by atoms with E-state index in [4.69, 9.17) is 18.9 Å². The van der Waals surface area contributed by atoms with Crippen molar-refractivity contribution in [2.24, 2.45) is 5.41 Å². The van der Waals surface area contributed by atoms with Gasteiger partial charge in [0.25, 0.3) is 0 Å². The molecular weight excluding hydrogens is 510 g/mol. The fourth-order valence-corrected chi connectivity index (χ4v) is 6.83. The lowest BCUT2D eigenvalue weighted by molar-refractivity contribution is -0.145. The molecule has 3 aromatic carbocycles. The number of benzene rings is 3. The summed E-state index contributed by atoms with van der Waals surface area (Å²) in [6.45, 7) is 1.87. The Morgan fingerprint density at radius 2 is 1.50 bits per heavy atom. The predicted octanol–water partition coefficient (Wildman–Crippen LogP) is 4.71. The highest BCUT2D eigenvalue weighted by Gasteiger charge is 2.72. The molecule has 1 spiro atoms. The van der Waals surface area contributed by atoms with Crippen molar-refractivity contribution in [3.8, 4) is 17.2 Å². The highest BCUT2D eigenvalue weighted by Crippen LogP contribution is 2.62. The van der Waals surface area contributed by atoms with E-state index < -0.39 is 29.4 Å². The molecule has 3 aliphatic rings. The predicted molar refractivity (Wildman–Crippen MR) is 149 cm³/mol. The van der Waals surface area contributed by atoms with E-state index in [1.54, 1.807) is 43.3 Å². The normalized spacial score (nSPS) is 21.6. The second kappa shape index (κ2) is 9.55. The van der Waals surface area contributed by atoms with E-state index in [1.165, 1.54) is 21.3 Å². The lowest BCUT2D eigenvalue weighted by Crippen LogP contribution is -2.48. The Bertz CT molecular complexity index is 1540. The first-order valence-corrected chi connectivity index (χ1v) is 13.1. The Labute approximate surface area is 232 Å². The molecule has 0 unspecified atom stereocenters. The Morgan fingerprint density at radius 1 is 0.850 bits per heavy atom. The first-order chi connectivity index (χ1) is 19.4. The first-order valence-electron chi connectivity index (χ1n) is 13.1. The number of Topliss-reactive ketones (excluding diaryl/α,β-unsaturated/α-hetero) is 2. The molecule has 0 amide bonds. The van der Waals surface area contributed by atoms with Crippen molar-refractivity contribution in [1.29, 1.82) is 0 Å². The summed E-state index contributed by atoms with van der Waals surface area (Å²) in [7, 11) is 4.48. The number of methoxy groups -OCH3 is 3. The van der Waals surface area contributed by atoms with E-state index in [0.29, 0.717) is 28.2 Å². The van der Waals surface area contributed by atoms with Gasteiger partial charge < -0.3 is 23.8 Å². The second-order valence-corrected chi connectivity index (χ2v) is 9.94. The summed E-state index contributed by atoms with van der Waals surface area (Å²) < 4.78 is 22.7. The van der Waals surface area contributed by atoms with E-state index in [0.717, 1.165) is 11.3 Å². The number of carbonyl (C=O) groups excluding carboxylic acids is 3. The largest absolute Gasteiger partial charge is 0.493 e. The number of carbonyl (C=O) groups is 3. The minimum Gasteiger partial charge on any atom is -0.493 e. The minimum absolute atomic E-state index is 0.135. The lowest BCUT2D eigenvalue weighted by atomic mass is 9.64. The number of hydrogen-bond acceptors (Lipinski definition) is 8. The number of ether oxygens (including phenoxy) is 4. The van der Waals surface area contributed by atoms with Crippen LogP contribution in [0.2, 0.25) is 0 Å². The van der Waals surface area contributed by atoms with Crippen molar-refractivity contribution in [1.82, 2.24) is 0 Å². The number of para-hydroxylation sites is 1. The standard InChI is InChI=1S/C32H29NO7/c1-5-40-31(36)26-25(21-15-16-23(37-2)28(39-4)27(21)38-3)32(29(34)19-11-7-8-12-20(19)30(32)35)24-17-14-18-10-6-9-13-22(18)33(24)26/h6-17,24-26H,5H2,1-4H3/t24-,25-,26+/m1/s1. The highest BCUT2D eigenvalue weighted by atomic mass is 16.5. The molecule has 2 aliphatic heterocycles. The SMILES string of the molecule is CCOC(=O)[C@@H]1[C@@H](c2ccc(OC)c(OC)c2OC)C2(C(=O)c3ccccc3C2=O)[C@H]2C=Cc3ccccc3N12. The van der Waals surface area contributed by atoms with Gasteiger partial charge in [0.1, 0.15) is 11.5 Å². The van der Waals surface area contributed by atoms with Crippen molar-refractivity contribution in [2.75, 3.05) is 32.8 Å². The summed E-state index contributed by atoms with van der Waals surface area (Å²) in [5.74, 6) is -1.17. The first kappa shape index (κ1) is 25.7. The number of nitrogens with zero attached hydrogens (tertiary/aromatic N) is 1. The van der Waals surface area contributed by atoms with Crippen molar-refractivity contribution in [3.05, 3.63) is 89.0 Å². The summed E-state index contributed by atoms with van der Waals surface area (Å²) in [6.07, 6.45) is 3.78. The van der Waals surface area contributed by atoms with Crippen LogP contribution in [0.1, 0.15) is 44.7 Å². The maximum atomic E-state index is 14.7. The van der Waals surface area contributed by atoms with Gasteiger partial charge in [-0.3, -0.25) is 9.59 Å². The molecule has 2 heterocycles. The van der Waals surface area contributed by atoms with Gasteiger partial charge in [-0.15, -0.1) is 0 Å². The summed E-state index contributed by atoms with van der Waals surface area (Å²) in [5, 5.41) is 0. The van der Waals surface area contributed by atoms with Crippen molar-refractivity contribution in [2.45, 2.75) is 24.9 Å². The monoisotopic (exact) mass is 539 g/mol. The molecule has 204 valence electrons. The van der Waals surface area contributed by atoms with Gasteiger partial charge in [0.2, 0.25) is 5.75 Å². The van der Waals surface area contributed by atoms with Crippen molar-refractivity contribution < 1.29 is 33.3 Å². The van der Waals surface area contributed by atoms with Gasteiger partial charge in [0.15, 0.2) is 23.1 Å². The fourth-order valence-electron chi connectivity index (χ4n) is 6.83. The molecule has 3 aromatic rings. The van der Waals surface area contributed by atoms with Crippen LogP contribution >= 0.6 is 0 Å². The summed E-state index contributed by atoms with van der Waals surface area (Å²) in [4.78, 5) is 45.2. The van der Waals surface area contributed by atoms with Gasteiger partial charge >= 0.3 is 5.97 Å². The Hall–Kier alpha value is -4.59. The molecule has 1 aliphatic carbocycles. The Morgan fingerprint density at radius 3 is 2.12 bits per heavy atom. The second-order valence-electron chi connectivity index (χ2n) is 9.94. The van der Waals surface area contributed by atoms with Crippen LogP contribution in [-0.4, -0.2) is 57.6 Å². The molecule has 0 aromatic heterocycles. The van der Waals surface area contributed by atoms with E-state index in [1.807, 2.05) is 41.3 Å². The van der Waals surface area contributed by atoms with Crippen molar-refractivity contribution >= 4 is 29.3 Å². The van der Waals surface area contributed by atoms with Gasteiger partial charge in [0, 0.05) is 28.3 Å². The molecule has 1 fully saturated rings. The molecule has 8 heteroatoms. The van der Waals surface area contributed by atoms with E-state index in [2.05, 4.69) is 0 Å². The average molecular weight is 540 g/mol. The van der Waals surface area contributed by atoms with E-state index >= 15 is 0 Å².